The zero-order chi connectivity index (χ0) is 13.9. The Bertz CT molecular complexity index is 519. The molecule has 0 aliphatic rings. The second-order valence-corrected chi connectivity index (χ2v) is 3.77. The molecule has 0 fully saturated rings. The Balaban J connectivity index is 3.08. The number of halogens is 1. The Labute approximate surface area is 106 Å². The topological polar surface area (TPSA) is 128 Å². The van der Waals surface area contributed by atoms with E-state index in [9.17, 15) is 19.7 Å². The number of nitrogens with one attached hydrogen (secondary N) is 1. The Hall–Kier alpha value is -2.22. The van der Waals surface area contributed by atoms with Crippen molar-refractivity contribution in [3.8, 4) is 0 Å². The van der Waals surface area contributed by atoms with Gasteiger partial charge in [-0.3, -0.25) is 19.7 Å². The number of hydrogen-bond acceptors (Lipinski definition) is 5. The minimum absolute atomic E-state index is 0.0718. The molecule has 1 unspecified atom stereocenters. The second kappa shape index (κ2) is 5.41. The molecule has 1 atom stereocenters. The number of amides is 2. The molecule has 0 spiro atoms. The maximum Gasteiger partial charge on any atom is 0.300 e. The van der Waals surface area contributed by atoms with Gasteiger partial charge in [0.1, 0.15) is 23.0 Å². The number of rotatable bonds is 4. The maximum atomic E-state index is 11.7. The summed E-state index contributed by atoms with van der Waals surface area (Å²) in [5, 5.41) is 12.8. The maximum absolute atomic E-state index is 11.7. The smallest absolute Gasteiger partial charge is 0.300 e. The van der Waals surface area contributed by atoms with Crippen molar-refractivity contribution in [2.45, 2.75) is 13.0 Å². The Kier molecular flexibility index (Phi) is 4.16. The van der Waals surface area contributed by atoms with Gasteiger partial charge < -0.3 is 11.1 Å². The standard InChI is InChI=1S/C9H9ClN4O4/c1-4(8(11)15)13-9(16)5-2-7(10)12-3-6(5)14(17)18/h2-4H,1H3,(H2,11,15)(H,13,16). The van der Waals surface area contributed by atoms with Gasteiger partial charge in [0, 0.05) is 0 Å². The minimum Gasteiger partial charge on any atom is -0.368 e. The first-order valence-electron chi connectivity index (χ1n) is 4.73. The van der Waals surface area contributed by atoms with Gasteiger partial charge in [0.2, 0.25) is 5.91 Å². The van der Waals surface area contributed by atoms with Crippen molar-refractivity contribution in [1.82, 2.24) is 10.3 Å². The van der Waals surface area contributed by atoms with Crippen molar-refractivity contribution in [3.63, 3.8) is 0 Å². The number of carbonyl (C=O) groups is 2. The van der Waals surface area contributed by atoms with E-state index in [1.54, 1.807) is 0 Å². The third-order valence-electron chi connectivity index (χ3n) is 2.07. The van der Waals surface area contributed by atoms with Gasteiger partial charge in [0.05, 0.1) is 4.92 Å². The van der Waals surface area contributed by atoms with Gasteiger partial charge in [-0.15, -0.1) is 0 Å². The van der Waals surface area contributed by atoms with Crippen LogP contribution in [0.5, 0.6) is 0 Å². The summed E-state index contributed by atoms with van der Waals surface area (Å²) >= 11 is 5.56. The number of nitrogens with two attached hydrogens (primary N) is 1. The summed E-state index contributed by atoms with van der Waals surface area (Å²) in [4.78, 5) is 36.0. The molecule has 0 aliphatic carbocycles. The van der Waals surface area contributed by atoms with Crippen LogP contribution in [0.4, 0.5) is 5.69 Å². The zero-order valence-corrected chi connectivity index (χ0v) is 9.97. The number of primary amides is 1. The highest BCUT2D eigenvalue weighted by atomic mass is 35.5. The first-order valence-corrected chi connectivity index (χ1v) is 5.11. The van der Waals surface area contributed by atoms with Crippen LogP contribution in [0.15, 0.2) is 12.3 Å². The molecular formula is C9H9ClN4O4. The number of pyridine rings is 1. The average molecular weight is 273 g/mol. The molecule has 0 saturated carbocycles. The lowest BCUT2D eigenvalue weighted by Crippen LogP contribution is -2.42. The molecule has 3 N–H and O–H groups in total. The number of aromatic nitrogens is 1. The van der Waals surface area contributed by atoms with Crippen LogP contribution in [0.25, 0.3) is 0 Å². The molecule has 18 heavy (non-hydrogen) atoms. The zero-order valence-electron chi connectivity index (χ0n) is 9.21. The van der Waals surface area contributed by atoms with Gasteiger partial charge in [-0.2, -0.15) is 0 Å². The van der Waals surface area contributed by atoms with E-state index in [0.29, 0.717) is 0 Å². The molecule has 2 amide bonds. The summed E-state index contributed by atoms with van der Waals surface area (Å²) in [6, 6.07) is 0.0898. The van der Waals surface area contributed by atoms with E-state index in [0.717, 1.165) is 12.3 Å². The van der Waals surface area contributed by atoms with Crippen molar-refractivity contribution in [3.05, 3.63) is 33.1 Å². The summed E-state index contributed by atoms with van der Waals surface area (Å²) in [5.74, 6) is -1.58. The van der Waals surface area contributed by atoms with Crippen LogP contribution in [0.3, 0.4) is 0 Å². The van der Waals surface area contributed by atoms with Crippen LogP contribution < -0.4 is 11.1 Å². The van der Waals surface area contributed by atoms with Crippen LogP contribution in [-0.4, -0.2) is 27.8 Å². The van der Waals surface area contributed by atoms with Gasteiger partial charge >= 0.3 is 0 Å². The van der Waals surface area contributed by atoms with E-state index < -0.39 is 28.5 Å². The molecule has 0 saturated heterocycles. The third kappa shape index (κ3) is 3.14. The van der Waals surface area contributed by atoms with E-state index in [-0.39, 0.29) is 10.7 Å². The molecule has 1 aromatic rings. The van der Waals surface area contributed by atoms with Crippen LogP contribution in [0, 0.1) is 10.1 Å². The van der Waals surface area contributed by atoms with Crippen LogP contribution in [0.1, 0.15) is 17.3 Å². The van der Waals surface area contributed by atoms with Crippen molar-refractivity contribution < 1.29 is 14.5 Å². The normalized spacial score (nSPS) is 11.7. The Morgan fingerprint density at radius 3 is 2.72 bits per heavy atom. The minimum atomic E-state index is -0.955. The molecular weight excluding hydrogens is 264 g/mol. The highest BCUT2D eigenvalue weighted by Gasteiger charge is 2.23. The number of hydrogen-bond donors (Lipinski definition) is 2. The third-order valence-corrected chi connectivity index (χ3v) is 2.27. The molecule has 0 aromatic carbocycles. The molecule has 0 aliphatic heterocycles. The molecule has 0 bridgehead atoms. The van der Waals surface area contributed by atoms with Crippen molar-refractivity contribution in [2.75, 3.05) is 0 Å². The lowest BCUT2D eigenvalue weighted by molar-refractivity contribution is -0.385. The number of carbonyl (C=O) groups excluding carboxylic acids is 2. The first kappa shape index (κ1) is 13.8. The van der Waals surface area contributed by atoms with Crippen LogP contribution >= 0.6 is 11.6 Å². The summed E-state index contributed by atoms with van der Waals surface area (Å²) in [6.45, 7) is 1.36. The fourth-order valence-corrected chi connectivity index (χ4v) is 1.25. The monoisotopic (exact) mass is 272 g/mol. The van der Waals surface area contributed by atoms with E-state index in [2.05, 4.69) is 10.3 Å². The van der Waals surface area contributed by atoms with Crippen LogP contribution in [-0.2, 0) is 4.79 Å². The predicted octanol–water partition coefficient (Wildman–Crippen LogP) is 0.247. The molecule has 8 nitrogen and oxygen atoms in total. The van der Waals surface area contributed by atoms with E-state index in [1.807, 2.05) is 0 Å². The Morgan fingerprint density at radius 2 is 2.22 bits per heavy atom. The van der Waals surface area contributed by atoms with Gasteiger partial charge in [-0.1, -0.05) is 11.6 Å². The molecule has 96 valence electrons. The van der Waals surface area contributed by atoms with Gasteiger partial charge in [-0.25, -0.2) is 4.98 Å². The van der Waals surface area contributed by atoms with Crippen molar-refractivity contribution in [2.24, 2.45) is 5.73 Å². The Morgan fingerprint density at radius 1 is 1.61 bits per heavy atom. The molecule has 1 rings (SSSR count). The summed E-state index contributed by atoms with van der Waals surface area (Å²) < 4.78 is 0. The average Bonchev–Trinajstić information content (AvgIpc) is 2.28. The summed E-state index contributed by atoms with van der Waals surface area (Å²) in [5.41, 5.74) is 4.17. The van der Waals surface area contributed by atoms with Crippen LogP contribution in [0.2, 0.25) is 5.15 Å². The molecule has 1 aromatic heterocycles. The second-order valence-electron chi connectivity index (χ2n) is 3.38. The highest BCUT2D eigenvalue weighted by molar-refractivity contribution is 6.29. The van der Waals surface area contributed by atoms with Gasteiger partial charge in [0.25, 0.3) is 11.6 Å². The van der Waals surface area contributed by atoms with Crippen molar-refractivity contribution >= 4 is 29.1 Å². The number of nitro groups is 1. The number of nitrogens with zero attached hydrogens (tertiary/aromatic N) is 2. The lowest BCUT2D eigenvalue weighted by Gasteiger charge is -2.10. The van der Waals surface area contributed by atoms with Crippen molar-refractivity contribution in [1.29, 1.82) is 0 Å². The first-order chi connectivity index (χ1) is 8.32. The summed E-state index contributed by atoms with van der Waals surface area (Å²) in [6.07, 6.45) is 0.867. The van der Waals surface area contributed by atoms with E-state index in [1.165, 1.54) is 6.92 Å². The van der Waals surface area contributed by atoms with Gasteiger partial charge in [-0.05, 0) is 13.0 Å². The van der Waals surface area contributed by atoms with E-state index in [4.69, 9.17) is 17.3 Å². The SMILES string of the molecule is CC(NC(=O)c1cc(Cl)ncc1[N+](=O)[O-])C(N)=O. The molecule has 0 radical (unpaired) electrons. The highest BCUT2D eigenvalue weighted by Crippen LogP contribution is 2.20. The predicted molar refractivity (Wildman–Crippen MR) is 62.0 cm³/mol. The largest absolute Gasteiger partial charge is 0.368 e. The van der Waals surface area contributed by atoms with Gasteiger partial charge in [0.15, 0.2) is 0 Å². The van der Waals surface area contributed by atoms with E-state index >= 15 is 0 Å². The quantitative estimate of drug-likeness (QED) is 0.461. The molecule has 1 heterocycles. The fraction of sp³-hybridized carbons (Fsp3) is 0.222. The fourth-order valence-electron chi connectivity index (χ4n) is 1.10. The summed E-state index contributed by atoms with van der Waals surface area (Å²) in [7, 11) is 0. The molecule has 9 heteroatoms. The lowest BCUT2D eigenvalue weighted by atomic mass is 10.2.